The molecule has 1 N–H and O–H groups in total. The standard InChI is InChI=1S/C11H17NO4S/c1-12(8-3-9-16-2)17(14,15)11-6-4-10(13)5-7-11/h4-7,13H,3,8-9H2,1-2H3. The monoisotopic (exact) mass is 259 g/mol. The van der Waals surface area contributed by atoms with Crippen LogP contribution in [-0.2, 0) is 14.8 Å². The second kappa shape index (κ2) is 6.00. The molecule has 96 valence electrons. The largest absolute Gasteiger partial charge is 0.508 e. The average Bonchev–Trinajstić information content (AvgIpc) is 2.29. The predicted octanol–water partition coefficient (Wildman–Crippen LogP) is 1.05. The molecule has 0 aromatic heterocycles. The summed E-state index contributed by atoms with van der Waals surface area (Å²) >= 11 is 0. The number of phenols is 1. The van der Waals surface area contributed by atoms with E-state index in [0.717, 1.165) is 0 Å². The van der Waals surface area contributed by atoms with Gasteiger partial charge in [-0.2, -0.15) is 0 Å². The fraction of sp³-hybridized carbons (Fsp3) is 0.455. The van der Waals surface area contributed by atoms with Crippen molar-refractivity contribution in [3.63, 3.8) is 0 Å². The second-order valence-corrected chi connectivity index (χ2v) is 5.71. The van der Waals surface area contributed by atoms with Gasteiger partial charge in [0.25, 0.3) is 0 Å². The van der Waals surface area contributed by atoms with Gasteiger partial charge in [0.15, 0.2) is 0 Å². The minimum Gasteiger partial charge on any atom is -0.508 e. The van der Waals surface area contributed by atoms with E-state index in [0.29, 0.717) is 19.6 Å². The van der Waals surface area contributed by atoms with Gasteiger partial charge in [-0.25, -0.2) is 12.7 Å². The lowest BCUT2D eigenvalue weighted by Gasteiger charge is -2.16. The first-order chi connectivity index (χ1) is 7.98. The van der Waals surface area contributed by atoms with Gasteiger partial charge in [-0.1, -0.05) is 0 Å². The van der Waals surface area contributed by atoms with Crippen LogP contribution in [0.15, 0.2) is 29.2 Å². The summed E-state index contributed by atoms with van der Waals surface area (Å²) in [6.07, 6.45) is 0.643. The van der Waals surface area contributed by atoms with Crippen molar-refractivity contribution in [2.45, 2.75) is 11.3 Å². The molecule has 0 unspecified atom stereocenters. The van der Waals surface area contributed by atoms with Crippen molar-refractivity contribution in [1.82, 2.24) is 4.31 Å². The quantitative estimate of drug-likeness (QED) is 0.775. The Kier molecular flexibility index (Phi) is 4.92. The van der Waals surface area contributed by atoms with Crippen LogP contribution < -0.4 is 0 Å². The smallest absolute Gasteiger partial charge is 0.242 e. The van der Waals surface area contributed by atoms with Crippen LogP contribution in [0.1, 0.15) is 6.42 Å². The van der Waals surface area contributed by atoms with Crippen LogP contribution in [-0.4, -0.2) is 45.1 Å². The fourth-order valence-electron chi connectivity index (χ4n) is 1.35. The molecule has 0 saturated heterocycles. The molecule has 1 aromatic rings. The molecule has 0 atom stereocenters. The van der Waals surface area contributed by atoms with Crippen LogP contribution in [0.3, 0.4) is 0 Å². The number of benzene rings is 1. The first-order valence-electron chi connectivity index (χ1n) is 5.23. The van der Waals surface area contributed by atoms with Crippen molar-refractivity contribution >= 4 is 10.0 Å². The number of ether oxygens (including phenoxy) is 1. The van der Waals surface area contributed by atoms with Gasteiger partial charge in [0.1, 0.15) is 5.75 Å². The zero-order chi connectivity index (χ0) is 12.9. The van der Waals surface area contributed by atoms with Crippen LogP contribution >= 0.6 is 0 Å². The number of phenolic OH excluding ortho intramolecular Hbond substituents is 1. The molecule has 0 aliphatic carbocycles. The van der Waals surface area contributed by atoms with Gasteiger partial charge in [0, 0.05) is 27.3 Å². The van der Waals surface area contributed by atoms with E-state index in [9.17, 15) is 8.42 Å². The Morgan fingerprint density at radius 3 is 2.41 bits per heavy atom. The van der Waals surface area contributed by atoms with Crippen molar-refractivity contribution < 1.29 is 18.3 Å². The molecule has 0 heterocycles. The maximum absolute atomic E-state index is 12.0. The lowest BCUT2D eigenvalue weighted by molar-refractivity contribution is 0.189. The molecule has 0 radical (unpaired) electrons. The summed E-state index contributed by atoms with van der Waals surface area (Å²) in [4.78, 5) is 0.176. The lowest BCUT2D eigenvalue weighted by Crippen LogP contribution is -2.28. The van der Waals surface area contributed by atoms with E-state index in [-0.39, 0.29) is 10.6 Å². The summed E-state index contributed by atoms with van der Waals surface area (Å²) < 4.78 is 30.2. The van der Waals surface area contributed by atoms with Crippen molar-refractivity contribution in [1.29, 1.82) is 0 Å². The molecule has 17 heavy (non-hydrogen) atoms. The number of hydrogen-bond donors (Lipinski definition) is 1. The Labute approximate surface area is 102 Å². The normalized spacial score (nSPS) is 11.9. The van der Waals surface area contributed by atoms with Gasteiger partial charge in [0.2, 0.25) is 10.0 Å². The Hall–Kier alpha value is -1.11. The molecule has 0 amide bonds. The van der Waals surface area contributed by atoms with Crippen LogP contribution in [0.4, 0.5) is 0 Å². The summed E-state index contributed by atoms with van der Waals surface area (Å²) in [5.41, 5.74) is 0. The third-order valence-corrected chi connectivity index (χ3v) is 4.24. The van der Waals surface area contributed by atoms with Gasteiger partial charge in [-0.05, 0) is 30.7 Å². The van der Waals surface area contributed by atoms with Crippen molar-refractivity contribution in [3.05, 3.63) is 24.3 Å². The van der Waals surface area contributed by atoms with E-state index in [1.54, 1.807) is 7.11 Å². The van der Waals surface area contributed by atoms with Crippen molar-refractivity contribution in [2.75, 3.05) is 27.3 Å². The average molecular weight is 259 g/mol. The number of rotatable bonds is 6. The van der Waals surface area contributed by atoms with Crippen LogP contribution in [0, 0.1) is 0 Å². The highest BCUT2D eigenvalue weighted by Gasteiger charge is 2.19. The highest BCUT2D eigenvalue weighted by atomic mass is 32.2. The molecule has 0 saturated carbocycles. The van der Waals surface area contributed by atoms with Gasteiger partial charge in [-0.15, -0.1) is 0 Å². The van der Waals surface area contributed by atoms with E-state index in [2.05, 4.69) is 0 Å². The number of nitrogens with zero attached hydrogens (tertiary/aromatic N) is 1. The first kappa shape index (κ1) is 14.0. The molecule has 5 nitrogen and oxygen atoms in total. The minimum absolute atomic E-state index is 0.0472. The number of methoxy groups -OCH3 is 1. The molecule has 0 spiro atoms. The summed E-state index contributed by atoms with van der Waals surface area (Å²) in [6.45, 7) is 0.923. The van der Waals surface area contributed by atoms with E-state index < -0.39 is 10.0 Å². The first-order valence-corrected chi connectivity index (χ1v) is 6.67. The van der Waals surface area contributed by atoms with Crippen LogP contribution in [0.25, 0.3) is 0 Å². The molecular weight excluding hydrogens is 242 g/mol. The van der Waals surface area contributed by atoms with Gasteiger partial charge >= 0.3 is 0 Å². The lowest BCUT2D eigenvalue weighted by atomic mass is 10.3. The van der Waals surface area contributed by atoms with Gasteiger partial charge < -0.3 is 9.84 Å². The predicted molar refractivity (Wildman–Crippen MR) is 64.4 cm³/mol. The van der Waals surface area contributed by atoms with E-state index >= 15 is 0 Å². The van der Waals surface area contributed by atoms with Crippen molar-refractivity contribution in [2.24, 2.45) is 0 Å². The molecule has 1 aromatic carbocycles. The van der Waals surface area contributed by atoms with Gasteiger partial charge in [-0.3, -0.25) is 0 Å². The molecule has 0 aliphatic rings. The van der Waals surface area contributed by atoms with E-state index in [4.69, 9.17) is 9.84 Å². The number of aromatic hydroxyl groups is 1. The minimum atomic E-state index is -3.47. The molecular formula is C11H17NO4S. The van der Waals surface area contributed by atoms with Crippen LogP contribution in [0.5, 0.6) is 5.75 Å². The van der Waals surface area contributed by atoms with E-state index in [1.807, 2.05) is 0 Å². The highest BCUT2D eigenvalue weighted by Crippen LogP contribution is 2.17. The third-order valence-electron chi connectivity index (χ3n) is 2.37. The van der Waals surface area contributed by atoms with Crippen LogP contribution in [0.2, 0.25) is 0 Å². The third kappa shape index (κ3) is 3.69. The summed E-state index contributed by atoms with van der Waals surface area (Å²) in [5, 5.41) is 9.11. The summed E-state index contributed by atoms with van der Waals surface area (Å²) in [7, 11) is -0.366. The Bertz CT molecular complexity index is 441. The number of hydrogen-bond acceptors (Lipinski definition) is 4. The molecule has 1 rings (SSSR count). The SMILES string of the molecule is COCCCN(C)S(=O)(=O)c1ccc(O)cc1. The maximum atomic E-state index is 12.0. The zero-order valence-electron chi connectivity index (χ0n) is 9.96. The summed E-state index contributed by atoms with van der Waals surface area (Å²) in [5.74, 6) is 0.0472. The highest BCUT2D eigenvalue weighted by molar-refractivity contribution is 7.89. The summed E-state index contributed by atoms with van der Waals surface area (Å²) in [6, 6.07) is 5.49. The molecule has 0 bridgehead atoms. The topological polar surface area (TPSA) is 66.8 Å². The number of sulfonamides is 1. The van der Waals surface area contributed by atoms with E-state index in [1.165, 1.54) is 35.6 Å². The Balaban J connectivity index is 2.76. The Morgan fingerprint density at radius 2 is 1.88 bits per heavy atom. The maximum Gasteiger partial charge on any atom is 0.242 e. The van der Waals surface area contributed by atoms with Crippen molar-refractivity contribution in [3.8, 4) is 5.75 Å². The molecule has 0 fully saturated rings. The molecule has 0 aliphatic heterocycles. The zero-order valence-corrected chi connectivity index (χ0v) is 10.8. The fourth-order valence-corrected chi connectivity index (χ4v) is 2.56. The Morgan fingerprint density at radius 1 is 1.29 bits per heavy atom. The second-order valence-electron chi connectivity index (χ2n) is 3.67. The van der Waals surface area contributed by atoms with Gasteiger partial charge in [0.05, 0.1) is 4.90 Å². The molecule has 6 heteroatoms.